The van der Waals surface area contributed by atoms with Gasteiger partial charge < -0.3 is 0 Å². The Labute approximate surface area is 170 Å². The molecule has 0 aliphatic heterocycles. The average Bonchev–Trinajstić information content (AvgIpc) is 3.16. The van der Waals surface area contributed by atoms with E-state index in [1.807, 2.05) is 54.6 Å². The van der Waals surface area contributed by atoms with Crippen molar-refractivity contribution in [2.24, 2.45) is 5.10 Å². The first-order chi connectivity index (χ1) is 13.8. The highest BCUT2D eigenvalue weighted by atomic mass is 32.2. The van der Waals surface area contributed by atoms with E-state index >= 15 is 0 Å². The van der Waals surface area contributed by atoms with Crippen LogP contribution in [0.5, 0.6) is 0 Å². The number of nitrogens with zero attached hydrogens (tertiary/aromatic N) is 3. The normalized spacial score (nSPS) is 11.1. The molecule has 0 aliphatic carbocycles. The summed E-state index contributed by atoms with van der Waals surface area (Å²) in [5.74, 6) is 0.567. The Bertz CT molecular complexity index is 1080. The van der Waals surface area contributed by atoms with Crippen molar-refractivity contribution in [2.75, 3.05) is 0 Å². The second-order valence-corrected chi connectivity index (χ2v) is 8.17. The van der Waals surface area contributed by atoms with Crippen molar-refractivity contribution >= 4 is 45.4 Å². The molecule has 4 rings (SSSR count). The number of thiazole rings is 1. The van der Waals surface area contributed by atoms with Gasteiger partial charge in [-0.15, -0.1) is 11.3 Å². The molecule has 0 bridgehead atoms. The molecule has 0 atom stereocenters. The van der Waals surface area contributed by atoms with Gasteiger partial charge in [0.2, 0.25) is 0 Å². The first-order valence-corrected chi connectivity index (χ1v) is 10.4. The number of benzene rings is 2. The standard InChI is InChI=1S/C21H16N4OS2/c26-20(25-23-13-15-9-11-22-12-10-15)17-7-5-16(6-8-17)14-27-21-24-18-3-1-2-4-19(18)28-21/h1-13H,14H2,(H,25,26)/b23-13-. The van der Waals surface area contributed by atoms with Crippen LogP contribution < -0.4 is 5.43 Å². The van der Waals surface area contributed by atoms with Crippen molar-refractivity contribution in [3.8, 4) is 0 Å². The average molecular weight is 405 g/mol. The largest absolute Gasteiger partial charge is 0.271 e. The second kappa shape index (κ2) is 8.77. The van der Waals surface area contributed by atoms with Crippen LogP contribution in [-0.2, 0) is 5.75 Å². The third-order valence-electron chi connectivity index (χ3n) is 3.94. The molecule has 138 valence electrons. The zero-order valence-electron chi connectivity index (χ0n) is 14.8. The molecule has 2 aromatic carbocycles. The summed E-state index contributed by atoms with van der Waals surface area (Å²) in [6.07, 6.45) is 4.94. The minimum absolute atomic E-state index is 0.240. The maximum absolute atomic E-state index is 12.2. The van der Waals surface area contributed by atoms with Gasteiger partial charge in [0.25, 0.3) is 5.91 Å². The third-order valence-corrected chi connectivity index (χ3v) is 6.19. The van der Waals surface area contributed by atoms with Crippen LogP contribution in [-0.4, -0.2) is 22.1 Å². The molecule has 7 heteroatoms. The summed E-state index contributed by atoms with van der Waals surface area (Å²) in [5, 5.41) is 3.97. The molecule has 0 spiro atoms. The first kappa shape index (κ1) is 18.3. The number of rotatable bonds is 6. The number of amides is 1. The molecule has 1 amide bonds. The van der Waals surface area contributed by atoms with Gasteiger partial charge in [0, 0.05) is 23.7 Å². The summed E-state index contributed by atoms with van der Waals surface area (Å²) in [7, 11) is 0. The molecule has 28 heavy (non-hydrogen) atoms. The lowest BCUT2D eigenvalue weighted by atomic mass is 10.1. The summed E-state index contributed by atoms with van der Waals surface area (Å²) in [5.41, 5.74) is 6.16. The molecule has 0 saturated heterocycles. The van der Waals surface area contributed by atoms with Gasteiger partial charge in [0.05, 0.1) is 16.4 Å². The molecule has 0 fully saturated rings. The Balaban J connectivity index is 1.32. The predicted octanol–water partition coefficient (Wildman–Crippen LogP) is 4.75. The number of carbonyl (C=O) groups excluding carboxylic acids is 1. The van der Waals surface area contributed by atoms with Gasteiger partial charge in [-0.2, -0.15) is 5.10 Å². The van der Waals surface area contributed by atoms with Crippen molar-refractivity contribution in [2.45, 2.75) is 10.1 Å². The Morgan fingerprint density at radius 3 is 2.64 bits per heavy atom. The van der Waals surface area contributed by atoms with Crippen LogP contribution in [0.25, 0.3) is 10.2 Å². The number of fused-ring (bicyclic) bond motifs is 1. The third kappa shape index (κ3) is 4.62. The van der Waals surface area contributed by atoms with Crippen LogP contribution in [0.2, 0.25) is 0 Å². The molecule has 0 radical (unpaired) electrons. The highest BCUT2D eigenvalue weighted by Gasteiger charge is 2.06. The van der Waals surface area contributed by atoms with Crippen LogP contribution in [0, 0.1) is 0 Å². The quantitative estimate of drug-likeness (QED) is 0.286. The van der Waals surface area contributed by atoms with Crippen LogP contribution in [0.4, 0.5) is 0 Å². The van der Waals surface area contributed by atoms with Gasteiger partial charge >= 0.3 is 0 Å². The van der Waals surface area contributed by atoms with E-state index in [1.54, 1.807) is 41.7 Å². The van der Waals surface area contributed by atoms with E-state index < -0.39 is 0 Å². The number of para-hydroxylation sites is 1. The van der Waals surface area contributed by atoms with Crippen molar-refractivity contribution in [3.63, 3.8) is 0 Å². The Morgan fingerprint density at radius 1 is 1.07 bits per heavy atom. The van der Waals surface area contributed by atoms with E-state index in [0.29, 0.717) is 5.56 Å². The smallest absolute Gasteiger partial charge is 0.267 e. The van der Waals surface area contributed by atoms with Crippen molar-refractivity contribution < 1.29 is 4.79 Å². The fourth-order valence-corrected chi connectivity index (χ4v) is 4.51. The lowest BCUT2D eigenvalue weighted by molar-refractivity contribution is 0.0955. The lowest BCUT2D eigenvalue weighted by Crippen LogP contribution is -2.17. The fourth-order valence-electron chi connectivity index (χ4n) is 2.49. The zero-order chi connectivity index (χ0) is 19.2. The monoisotopic (exact) mass is 404 g/mol. The maximum Gasteiger partial charge on any atom is 0.271 e. The van der Waals surface area contributed by atoms with Crippen molar-refractivity contribution in [1.82, 2.24) is 15.4 Å². The number of hydrazone groups is 1. The summed E-state index contributed by atoms with van der Waals surface area (Å²) < 4.78 is 2.25. The van der Waals surface area contributed by atoms with Crippen LogP contribution >= 0.6 is 23.1 Å². The molecule has 4 aromatic rings. The van der Waals surface area contributed by atoms with E-state index in [2.05, 4.69) is 26.6 Å². The molecular formula is C21H16N4OS2. The Kier molecular flexibility index (Phi) is 5.75. The molecule has 5 nitrogen and oxygen atoms in total. The maximum atomic E-state index is 12.2. The summed E-state index contributed by atoms with van der Waals surface area (Å²) in [4.78, 5) is 20.7. The Hall–Kier alpha value is -3.03. The Morgan fingerprint density at radius 2 is 1.86 bits per heavy atom. The zero-order valence-corrected chi connectivity index (χ0v) is 16.4. The predicted molar refractivity (Wildman–Crippen MR) is 115 cm³/mol. The van der Waals surface area contributed by atoms with E-state index in [4.69, 9.17) is 0 Å². The van der Waals surface area contributed by atoms with E-state index in [1.165, 1.54) is 4.70 Å². The van der Waals surface area contributed by atoms with Gasteiger partial charge in [-0.25, -0.2) is 10.4 Å². The van der Waals surface area contributed by atoms with Crippen LogP contribution in [0.1, 0.15) is 21.5 Å². The number of aromatic nitrogens is 2. The lowest BCUT2D eigenvalue weighted by Gasteiger charge is -2.02. The van der Waals surface area contributed by atoms with Crippen LogP contribution in [0.3, 0.4) is 0 Å². The molecule has 2 aromatic heterocycles. The molecule has 0 saturated carbocycles. The molecule has 2 heterocycles. The number of thioether (sulfide) groups is 1. The van der Waals surface area contributed by atoms with Crippen molar-refractivity contribution in [1.29, 1.82) is 0 Å². The number of hydrogen-bond donors (Lipinski definition) is 1. The van der Waals surface area contributed by atoms with E-state index in [0.717, 1.165) is 26.7 Å². The summed E-state index contributed by atoms with van der Waals surface area (Å²) in [6.45, 7) is 0. The molecular weight excluding hydrogens is 388 g/mol. The topological polar surface area (TPSA) is 67.2 Å². The first-order valence-electron chi connectivity index (χ1n) is 8.59. The highest BCUT2D eigenvalue weighted by Crippen LogP contribution is 2.31. The number of hydrogen-bond acceptors (Lipinski definition) is 6. The van der Waals surface area contributed by atoms with E-state index in [9.17, 15) is 4.79 Å². The molecule has 0 aliphatic rings. The summed E-state index contributed by atoms with van der Waals surface area (Å²) >= 11 is 3.40. The second-order valence-electron chi connectivity index (χ2n) is 5.91. The van der Waals surface area contributed by atoms with Gasteiger partial charge in [-0.1, -0.05) is 36.0 Å². The van der Waals surface area contributed by atoms with Gasteiger partial charge in [0.1, 0.15) is 0 Å². The van der Waals surface area contributed by atoms with Gasteiger partial charge in [-0.3, -0.25) is 9.78 Å². The van der Waals surface area contributed by atoms with Crippen molar-refractivity contribution in [3.05, 3.63) is 89.7 Å². The highest BCUT2D eigenvalue weighted by molar-refractivity contribution is 8.00. The fraction of sp³-hybridized carbons (Fsp3) is 0.0476. The SMILES string of the molecule is O=C(N/N=C\c1ccncc1)c1ccc(CSc2nc3ccccc3s2)cc1. The number of nitrogens with one attached hydrogen (secondary N) is 1. The van der Waals surface area contributed by atoms with Gasteiger partial charge in [0.15, 0.2) is 4.34 Å². The number of pyridine rings is 1. The van der Waals surface area contributed by atoms with Gasteiger partial charge in [-0.05, 0) is 47.5 Å². The number of carbonyl (C=O) groups is 1. The van der Waals surface area contributed by atoms with E-state index in [-0.39, 0.29) is 5.91 Å². The van der Waals surface area contributed by atoms with Crippen LogP contribution in [0.15, 0.2) is 82.5 Å². The molecule has 1 N–H and O–H groups in total. The molecule has 0 unspecified atom stereocenters. The minimum atomic E-state index is -0.240. The summed E-state index contributed by atoms with van der Waals surface area (Å²) in [6, 6.07) is 19.3. The minimum Gasteiger partial charge on any atom is -0.267 e.